The summed E-state index contributed by atoms with van der Waals surface area (Å²) in [6.07, 6.45) is 32.7. The third-order valence-corrected chi connectivity index (χ3v) is 7.65. The van der Waals surface area contributed by atoms with Gasteiger partial charge >= 0.3 is 11.9 Å². The maximum atomic E-state index is 12.0. The molecule has 0 rings (SSSR count). The van der Waals surface area contributed by atoms with Crippen molar-refractivity contribution in [2.45, 2.75) is 193 Å². The fraction of sp³-hybridized carbons (Fsp3) is 0.941. The molecule has 0 amide bonds. The van der Waals surface area contributed by atoms with E-state index in [1.807, 2.05) is 6.92 Å². The third kappa shape index (κ3) is 29.7. The Morgan fingerprint density at radius 2 is 0.821 bits per heavy atom. The summed E-state index contributed by atoms with van der Waals surface area (Å²) >= 11 is 0. The first-order chi connectivity index (χ1) is 19.1. The van der Waals surface area contributed by atoms with Crippen molar-refractivity contribution >= 4 is 11.9 Å². The van der Waals surface area contributed by atoms with Gasteiger partial charge < -0.3 is 14.6 Å². The predicted octanol–water partition coefficient (Wildman–Crippen LogP) is 10.0. The van der Waals surface area contributed by atoms with Gasteiger partial charge in [-0.15, -0.1) is 0 Å². The fourth-order valence-corrected chi connectivity index (χ4v) is 5.00. The van der Waals surface area contributed by atoms with E-state index < -0.39 is 6.10 Å². The van der Waals surface area contributed by atoms with Crippen molar-refractivity contribution < 1.29 is 24.2 Å². The monoisotopic (exact) mass is 554 g/mol. The summed E-state index contributed by atoms with van der Waals surface area (Å²) in [4.78, 5) is 23.5. The molecule has 0 aliphatic carbocycles. The Morgan fingerprint density at radius 1 is 0.487 bits per heavy atom. The number of esters is 2. The van der Waals surface area contributed by atoms with E-state index >= 15 is 0 Å². The fourth-order valence-electron chi connectivity index (χ4n) is 5.00. The molecule has 0 radical (unpaired) electrons. The van der Waals surface area contributed by atoms with Crippen molar-refractivity contribution in [1.29, 1.82) is 0 Å². The largest absolute Gasteiger partial charge is 0.462 e. The maximum absolute atomic E-state index is 12.0. The van der Waals surface area contributed by atoms with Gasteiger partial charge in [-0.1, -0.05) is 162 Å². The summed E-state index contributed by atoms with van der Waals surface area (Å²) in [6, 6.07) is 0. The van der Waals surface area contributed by atoms with Crippen molar-refractivity contribution in [2.75, 3.05) is 13.2 Å². The van der Waals surface area contributed by atoms with Crippen molar-refractivity contribution in [3.63, 3.8) is 0 Å². The highest BCUT2D eigenvalue weighted by Crippen LogP contribution is 2.16. The van der Waals surface area contributed by atoms with Gasteiger partial charge in [-0.05, 0) is 12.8 Å². The second-order valence-corrected chi connectivity index (χ2v) is 11.6. The lowest BCUT2D eigenvalue weighted by atomic mass is 10.0. The first-order valence-corrected chi connectivity index (χ1v) is 17.1. The highest BCUT2D eigenvalue weighted by atomic mass is 16.6. The van der Waals surface area contributed by atoms with E-state index in [1.54, 1.807) is 0 Å². The van der Waals surface area contributed by atoms with Crippen LogP contribution in [0.25, 0.3) is 0 Å². The van der Waals surface area contributed by atoms with Gasteiger partial charge in [-0.2, -0.15) is 0 Å². The summed E-state index contributed by atoms with van der Waals surface area (Å²) in [5, 5.41) is 9.35. The molecule has 0 aromatic carbocycles. The lowest BCUT2D eigenvalue weighted by molar-refractivity contribution is -0.161. The quantitative estimate of drug-likeness (QED) is 0.0681. The number of aliphatic hydroxyl groups excluding tert-OH is 1. The molecule has 0 saturated heterocycles. The minimum Gasteiger partial charge on any atom is -0.462 e. The predicted molar refractivity (Wildman–Crippen MR) is 164 cm³/mol. The van der Waals surface area contributed by atoms with Crippen LogP contribution in [0.5, 0.6) is 0 Å². The molecular weight excluding hydrogens is 488 g/mol. The van der Waals surface area contributed by atoms with Crippen LogP contribution in [0, 0.1) is 0 Å². The summed E-state index contributed by atoms with van der Waals surface area (Å²) in [6.45, 7) is 3.90. The number of carbonyl (C=O) groups is 2. The van der Waals surface area contributed by atoms with E-state index in [0.29, 0.717) is 12.8 Å². The van der Waals surface area contributed by atoms with Gasteiger partial charge in [0.2, 0.25) is 0 Å². The Morgan fingerprint density at radius 3 is 1.18 bits per heavy atom. The van der Waals surface area contributed by atoms with Gasteiger partial charge in [0, 0.05) is 12.8 Å². The number of hydrogen-bond acceptors (Lipinski definition) is 5. The second-order valence-electron chi connectivity index (χ2n) is 11.6. The lowest BCUT2D eigenvalue weighted by Crippen LogP contribution is -2.28. The van der Waals surface area contributed by atoms with Crippen LogP contribution in [-0.2, 0) is 19.1 Å². The minimum absolute atomic E-state index is 0.0653. The SMILES string of the molecule is CCCCCCCCCCCCCCCCCCCCCCCCCC(=O)OC(CO)COC(=O)CCCC. The van der Waals surface area contributed by atoms with Crippen LogP contribution in [-0.4, -0.2) is 36.4 Å². The van der Waals surface area contributed by atoms with E-state index in [4.69, 9.17) is 9.47 Å². The van der Waals surface area contributed by atoms with Crippen LogP contribution in [0.4, 0.5) is 0 Å². The molecule has 0 heterocycles. The molecule has 232 valence electrons. The van der Waals surface area contributed by atoms with Crippen molar-refractivity contribution in [3.8, 4) is 0 Å². The van der Waals surface area contributed by atoms with Crippen LogP contribution >= 0.6 is 0 Å². The molecule has 0 spiro atoms. The summed E-state index contributed by atoms with van der Waals surface area (Å²) in [7, 11) is 0. The Hall–Kier alpha value is -1.10. The molecule has 0 aliphatic heterocycles. The molecule has 0 aromatic heterocycles. The maximum Gasteiger partial charge on any atom is 0.306 e. The molecular formula is C34H66O5. The highest BCUT2D eigenvalue weighted by Gasteiger charge is 2.15. The number of carbonyl (C=O) groups excluding carboxylic acids is 2. The van der Waals surface area contributed by atoms with Gasteiger partial charge in [0.15, 0.2) is 6.10 Å². The van der Waals surface area contributed by atoms with Crippen molar-refractivity contribution in [1.82, 2.24) is 0 Å². The number of aliphatic hydroxyl groups is 1. The summed E-state index contributed by atoms with van der Waals surface area (Å²) in [5.41, 5.74) is 0. The van der Waals surface area contributed by atoms with E-state index in [0.717, 1.165) is 32.1 Å². The number of rotatable bonds is 31. The first-order valence-electron chi connectivity index (χ1n) is 17.1. The van der Waals surface area contributed by atoms with Crippen molar-refractivity contribution in [2.24, 2.45) is 0 Å². The van der Waals surface area contributed by atoms with Gasteiger partial charge in [0.25, 0.3) is 0 Å². The Kier molecular flexibility index (Phi) is 30.5. The molecule has 0 saturated carbocycles. The smallest absolute Gasteiger partial charge is 0.306 e. The van der Waals surface area contributed by atoms with Crippen LogP contribution in [0.2, 0.25) is 0 Å². The first kappa shape index (κ1) is 37.9. The molecule has 0 aromatic rings. The Balaban J connectivity index is 3.32. The highest BCUT2D eigenvalue weighted by molar-refractivity contribution is 5.70. The molecule has 0 bridgehead atoms. The zero-order chi connectivity index (χ0) is 28.7. The van der Waals surface area contributed by atoms with Gasteiger partial charge in [-0.3, -0.25) is 9.59 Å². The van der Waals surface area contributed by atoms with E-state index in [2.05, 4.69) is 6.92 Å². The number of ether oxygens (including phenoxy) is 2. The summed E-state index contributed by atoms with van der Waals surface area (Å²) < 4.78 is 10.3. The second kappa shape index (κ2) is 31.4. The number of unbranched alkanes of at least 4 members (excludes halogenated alkanes) is 23. The average molecular weight is 555 g/mol. The average Bonchev–Trinajstić information content (AvgIpc) is 2.94. The Labute approximate surface area is 242 Å². The van der Waals surface area contributed by atoms with E-state index in [-0.39, 0.29) is 25.2 Å². The Bertz CT molecular complexity index is 522. The molecule has 5 nitrogen and oxygen atoms in total. The van der Waals surface area contributed by atoms with Crippen LogP contribution < -0.4 is 0 Å². The normalized spacial score (nSPS) is 12.0. The van der Waals surface area contributed by atoms with E-state index in [1.165, 1.54) is 128 Å². The standard InChI is InChI=1S/C34H66O5/c1-3-5-7-8-9-10-11-12-13-14-15-16-17-18-19-20-21-22-23-24-25-26-27-29-34(37)39-32(30-35)31-38-33(36)28-6-4-2/h32,35H,3-31H2,1-2H3. The van der Waals surface area contributed by atoms with Gasteiger partial charge in [0.1, 0.15) is 6.61 Å². The summed E-state index contributed by atoms with van der Waals surface area (Å²) in [5.74, 6) is -0.622. The van der Waals surface area contributed by atoms with Gasteiger partial charge in [0.05, 0.1) is 6.61 Å². The molecule has 1 unspecified atom stereocenters. The van der Waals surface area contributed by atoms with Crippen LogP contribution in [0.1, 0.15) is 187 Å². The number of hydrogen-bond donors (Lipinski definition) is 1. The van der Waals surface area contributed by atoms with Crippen LogP contribution in [0.3, 0.4) is 0 Å². The molecule has 1 atom stereocenters. The zero-order valence-corrected chi connectivity index (χ0v) is 26.2. The molecule has 1 N–H and O–H groups in total. The molecule has 0 fully saturated rings. The molecule has 39 heavy (non-hydrogen) atoms. The minimum atomic E-state index is -0.757. The van der Waals surface area contributed by atoms with Crippen molar-refractivity contribution in [3.05, 3.63) is 0 Å². The molecule has 0 aliphatic rings. The topological polar surface area (TPSA) is 72.8 Å². The third-order valence-electron chi connectivity index (χ3n) is 7.65. The zero-order valence-electron chi connectivity index (χ0n) is 26.2. The lowest BCUT2D eigenvalue weighted by Gasteiger charge is -2.15. The van der Waals surface area contributed by atoms with Gasteiger partial charge in [-0.25, -0.2) is 0 Å². The van der Waals surface area contributed by atoms with E-state index in [9.17, 15) is 14.7 Å². The van der Waals surface area contributed by atoms with Crippen LogP contribution in [0.15, 0.2) is 0 Å². The molecule has 5 heteroatoms.